The first-order valence-electron chi connectivity index (χ1n) is 23.6. The van der Waals surface area contributed by atoms with Gasteiger partial charge in [0.15, 0.2) is 46.0 Å². The van der Waals surface area contributed by atoms with Crippen molar-refractivity contribution in [1.82, 2.24) is 0 Å². The zero-order valence-corrected chi connectivity index (χ0v) is 44.1. The third-order valence-electron chi connectivity index (χ3n) is 14.1. The first-order chi connectivity index (χ1) is 34.2. The molecule has 2 heterocycles. The SMILES string of the molecule is COc1cc2c(cc1OC)C(Cc1cc(OC)c(OC)c(OC)c1)[N+](C)(CCCOC(=O)/C=C(\Cl)C(=O)OCCC[N+]1(C)CCc3cc(OC)c(OC)cc3C1Cc1cc(OC)c(OC)c(OC)c1)CC2. The number of nitrogens with zero attached hydrogens (tertiary/aromatic N) is 2. The molecule has 0 saturated carbocycles. The third-order valence-corrected chi connectivity index (χ3v) is 14.4. The Balaban J connectivity index is 1.09. The lowest BCUT2D eigenvalue weighted by Gasteiger charge is -2.46. The number of carbonyl (C=O) groups excluding carboxylic acids is 2. The van der Waals surface area contributed by atoms with E-state index in [2.05, 4.69) is 38.4 Å². The van der Waals surface area contributed by atoms with Gasteiger partial charge in [-0.05, 0) is 70.8 Å². The molecule has 0 saturated heterocycles. The maximum absolute atomic E-state index is 13.1. The molecule has 17 heteroatoms. The first kappa shape index (κ1) is 54.1. The zero-order valence-electron chi connectivity index (χ0n) is 43.3. The van der Waals surface area contributed by atoms with Gasteiger partial charge in [-0.3, -0.25) is 0 Å². The highest BCUT2D eigenvalue weighted by molar-refractivity contribution is 6.42. The van der Waals surface area contributed by atoms with Crippen LogP contribution in [-0.2, 0) is 44.7 Å². The van der Waals surface area contributed by atoms with Crippen molar-refractivity contribution in [2.24, 2.45) is 0 Å². The summed E-state index contributed by atoms with van der Waals surface area (Å²) in [6.07, 6.45) is 4.96. The molecule has 0 spiro atoms. The van der Waals surface area contributed by atoms with Crippen molar-refractivity contribution in [3.05, 3.63) is 93.0 Å². The van der Waals surface area contributed by atoms with E-state index in [9.17, 15) is 9.59 Å². The normalized spacial score (nSPS) is 19.3. The molecule has 4 atom stereocenters. The summed E-state index contributed by atoms with van der Waals surface area (Å²) >= 11 is 6.37. The Kier molecular flexibility index (Phi) is 18.5. The van der Waals surface area contributed by atoms with E-state index in [0.717, 1.165) is 54.3 Å². The van der Waals surface area contributed by atoms with Gasteiger partial charge in [0.2, 0.25) is 11.5 Å². The van der Waals surface area contributed by atoms with Gasteiger partial charge in [-0.1, -0.05) is 11.6 Å². The van der Waals surface area contributed by atoms with Crippen LogP contribution in [0.4, 0.5) is 0 Å². The van der Waals surface area contributed by atoms with Gasteiger partial charge in [0, 0.05) is 55.7 Å². The second kappa shape index (κ2) is 24.3. The van der Waals surface area contributed by atoms with Crippen LogP contribution in [0.5, 0.6) is 57.5 Å². The molecule has 2 aliphatic rings. The van der Waals surface area contributed by atoms with Crippen LogP contribution in [-0.4, -0.2) is 145 Å². The molecular formula is C54H71ClN2O14+2. The molecule has 4 aromatic rings. The van der Waals surface area contributed by atoms with Gasteiger partial charge in [-0.2, -0.15) is 0 Å². The molecule has 6 rings (SSSR count). The maximum Gasteiger partial charge on any atom is 0.350 e. The number of benzene rings is 4. The number of likely N-dealkylation sites (N-methyl/N-ethyl adjacent to an activating group) is 2. The molecule has 0 radical (unpaired) electrons. The zero-order chi connectivity index (χ0) is 51.5. The van der Waals surface area contributed by atoms with Crippen LogP contribution in [0.25, 0.3) is 0 Å². The topological polar surface area (TPSA) is 145 Å². The summed E-state index contributed by atoms with van der Waals surface area (Å²) in [4.78, 5) is 26.1. The van der Waals surface area contributed by atoms with E-state index in [1.165, 1.54) is 11.1 Å². The van der Waals surface area contributed by atoms with Crippen LogP contribution in [0.3, 0.4) is 0 Å². The summed E-state index contributed by atoms with van der Waals surface area (Å²) in [5, 5.41) is -0.356. The summed E-state index contributed by atoms with van der Waals surface area (Å²) in [5.74, 6) is 4.46. The average Bonchev–Trinajstić information content (AvgIpc) is 3.38. The molecule has 0 fully saturated rings. The van der Waals surface area contributed by atoms with E-state index in [4.69, 9.17) is 68.4 Å². The van der Waals surface area contributed by atoms with Gasteiger partial charge < -0.3 is 65.8 Å². The summed E-state index contributed by atoms with van der Waals surface area (Å²) in [5.41, 5.74) is 6.64. The van der Waals surface area contributed by atoms with Gasteiger partial charge in [-0.25, -0.2) is 9.59 Å². The second-order valence-electron chi connectivity index (χ2n) is 18.2. The average molecular weight is 1010 g/mol. The van der Waals surface area contributed by atoms with Crippen molar-refractivity contribution in [2.45, 2.75) is 50.6 Å². The number of hydrogen-bond acceptors (Lipinski definition) is 14. The van der Waals surface area contributed by atoms with E-state index in [0.29, 0.717) is 105 Å². The number of esters is 2. The van der Waals surface area contributed by atoms with E-state index >= 15 is 0 Å². The molecular weight excluding hydrogens is 936 g/mol. The lowest BCUT2D eigenvalue weighted by Crippen LogP contribution is -2.52. The van der Waals surface area contributed by atoms with Crippen molar-refractivity contribution >= 4 is 23.5 Å². The van der Waals surface area contributed by atoms with Gasteiger partial charge in [-0.15, -0.1) is 0 Å². The smallest absolute Gasteiger partial charge is 0.350 e. The summed E-state index contributed by atoms with van der Waals surface area (Å²) in [6, 6.07) is 16.1. The number of ether oxygens (including phenoxy) is 12. The Labute approximate surface area is 423 Å². The standard InChI is InChI=1S/C54H71ClN2O14/c1-56(19-15-36-29-43(60-3)45(62-5)31-38(36)41(56)23-34-25-47(64-7)52(68-11)48(26-34)65-8)17-13-21-70-51(58)33-40(55)54(59)71-22-14-18-57(2)20-16-37-30-44(61-4)46(63-6)32-39(37)42(57)24-35-27-49(66-9)53(69-12)50(28-35)67-10/h25-33,41-42H,13-24H2,1-12H3/q+2/b40-33-. The fourth-order valence-electron chi connectivity index (χ4n) is 10.3. The predicted molar refractivity (Wildman–Crippen MR) is 269 cm³/mol. The highest BCUT2D eigenvalue weighted by Crippen LogP contribution is 2.47. The Morgan fingerprint density at radius 2 is 0.859 bits per heavy atom. The minimum Gasteiger partial charge on any atom is -0.493 e. The number of hydrogen-bond donors (Lipinski definition) is 0. The lowest BCUT2D eigenvalue weighted by atomic mass is 9.86. The summed E-state index contributed by atoms with van der Waals surface area (Å²) in [7, 11) is 20.5. The van der Waals surface area contributed by atoms with Gasteiger partial charge in [0.1, 0.15) is 17.1 Å². The Morgan fingerprint density at radius 3 is 1.21 bits per heavy atom. The maximum atomic E-state index is 13.1. The molecule has 4 unspecified atom stereocenters. The number of halogens is 1. The number of quaternary nitrogens is 2. The summed E-state index contributed by atoms with van der Waals surface area (Å²) in [6.45, 7) is 3.22. The van der Waals surface area contributed by atoms with Gasteiger partial charge in [0.05, 0.1) is 125 Å². The van der Waals surface area contributed by atoms with Crippen molar-refractivity contribution in [2.75, 3.05) is 125 Å². The molecule has 0 amide bonds. The first-order valence-corrected chi connectivity index (χ1v) is 24.0. The van der Waals surface area contributed by atoms with Crippen molar-refractivity contribution in [3.8, 4) is 57.5 Å². The van der Waals surface area contributed by atoms with Crippen LogP contribution in [0, 0.1) is 0 Å². The quantitative estimate of drug-likeness (QED) is 0.0289. The van der Waals surface area contributed by atoms with E-state index in [1.807, 2.05) is 24.3 Å². The minimum absolute atomic E-state index is 0.0170. The highest BCUT2D eigenvalue weighted by Gasteiger charge is 2.42. The van der Waals surface area contributed by atoms with Crippen molar-refractivity contribution in [3.63, 3.8) is 0 Å². The van der Waals surface area contributed by atoms with Crippen LogP contribution in [0.1, 0.15) is 58.3 Å². The molecule has 2 aliphatic heterocycles. The number of fused-ring (bicyclic) bond motifs is 2. The largest absolute Gasteiger partial charge is 0.493 e. The second-order valence-corrected chi connectivity index (χ2v) is 18.6. The fraction of sp³-hybridized carbons (Fsp3) is 0.481. The Hall–Kier alpha value is -6.23. The molecule has 71 heavy (non-hydrogen) atoms. The van der Waals surface area contributed by atoms with Gasteiger partial charge in [0.25, 0.3) is 0 Å². The molecule has 386 valence electrons. The van der Waals surface area contributed by atoms with Crippen LogP contribution in [0.2, 0.25) is 0 Å². The van der Waals surface area contributed by atoms with Crippen LogP contribution >= 0.6 is 11.6 Å². The number of carbonyl (C=O) groups is 2. The highest BCUT2D eigenvalue weighted by atomic mass is 35.5. The molecule has 4 aromatic carbocycles. The van der Waals surface area contributed by atoms with E-state index in [1.54, 1.807) is 71.1 Å². The van der Waals surface area contributed by atoms with E-state index in [-0.39, 0.29) is 30.3 Å². The molecule has 0 bridgehead atoms. The van der Waals surface area contributed by atoms with E-state index < -0.39 is 11.9 Å². The minimum atomic E-state index is -0.798. The molecule has 0 N–H and O–H groups in total. The summed E-state index contributed by atoms with van der Waals surface area (Å²) < 4.78 is 69.3. The third kappa shape index (κ3) is 12.1. The molecule has 0 aromatic heterocycles. The monoisotopic (exact) mass is 1010 g/mol. The van der Waals surface area contributed by atoms with Crippen molar-refractivity contribution < 1.29 is 75.4 Å². The van der Waals surface area contributed by atoms with Crippen molar-refractivity contribution in [1.29, 1.82) is 0 Å². The Morgan fingerprint density at radius 1 is 0.507 bits per heavy atom. The number of rotatable bonds is 24. The predicted octanol–water partition coefficient (Wildman–Crippen LogP) is 8.04. The van der Waals surface area contributed by atoms with Gasteiger partial charge >= 0.3 is 11.9 Å². The molecule has 16 nitrogen and oxygen atoms in total. The van der Waals surface area contributed by atoms with Crippen LogP contribution < -0.4 is 47.4 Å². The lowest BCUT2D eigenvalue weighted by molar-refractivity contribution is -0.941. The fourth-order valence-corrected chi connectivity index (χ4v) is 10.4. The Bertz CT molecular complexity index is 2500. The molecule has 0 aliphatic carbocycles. The number of methoxy groups -OCH3 is 10. The van der Waals surface area contributed by atoms with Crippen LogP contribution in [0.15, 0.2) is 59.6 Å².